The van der Waals surface area contributed by atoms with Gasteiger partial charge in [-0.2, -0.15) is 13.2 Å². The summed E-state index contributed by atoms with van der Waals surface area (Å²) in [6, 6.07) is 4.24. The number of amides is 1. The molecule has 0 bridgehead atoms. The van der Waals surface area contributed by atoms with Gasteiger partial charge in [-0.05, 0) is 17.7 Å². The van der Waals surface area contributed by atoms with Crippen LogP contribution in [-0.4, -0.2) is 15.6 Å². The topological polar surface area (TPSA) is 46.9 Å². The molecule has 0 saturated carbocycles. The van der Waals surface area contributed by atoms with Crippen LogP contribution in [-0.2, 0) is 12.7 Å². The predicted molar refractivity (Wildman–Crippen MR) is 61.3 cm³/mol. The van der Waals surface area contributed by atoms with Gasteiger partial charge in [0, 0.05) is 18.9 Å². The van der Waals surface area contributed by atoms with Crippen LogP contribution in [0.3, 0.4) is 0 Å². The van der Waals surface area contributed by atoms with Crippen LogP contribution in [0.2, 0.25) is 0 Å². The third-order valence-electron chi connectivity index (χ3n) is 2.46. The van der Waals surface area contributed by atoms with Gasteiger partial charge < -0.3 is 5.32 Å². The number of carbonyl (C=O) groups excluding carboxylic acids is 1. The standard InChI is InChI=1S/C12H10F3N3O/c13-12(14,15)10-3-1-9(2-4-10)7-17-11(19)18-6-5-16-8-18/h1-6,8H,7H2,(H,17,19). The van der Waals surface area contributed by atoms with Gasteiger partial charge in [-0.15, -0.1) is 0 Å². The first-order chi connectivity index (χ1) is 8.97. The second-order valence-corrected chi connectivity index (χ2v) is 3.82. The Kier molecular flexibility index (Phi) is 3.55. The minimum atomic E-state index is -4.35. The summed E-state index contributed by atoms with van der Waals surface area (Å²) < 4.78 is 38.3. The van der Waals surface area contributed by atoms with Gasteiger partial charge in [0.2, 0.25) is 0 Å². The molecule has 19 heavy (non-hydrogen) atoms. The van der Waals surface area contributed by atoms with E-state index in [9.17, 15) is 18.0 Å². The molecule has 2 aromatic rings. The van der Waals surface area contributed by atoms with Gasteiger partial charge >= 0.3 is 12.2 Å². The Morgan fingerprint density at radius 1 is 1.26 bits per heavy atom. The van der Waals surface area contributed by atoms with E-state index in [0.29, 0.717) is 5.56 Å². The molecule has 0 atom stereocenters. The van der Waals surface area contributed by atoms with E-state index in [4.69, 9.17) is 0 Å². The number of nitrogens with one attached hydrogen (secondary N) is 1. The van der Waals surface area contributed by atoms with E-state index in [-0.39, 0.29) is 6.54 Å². The Labute approximate surface area is 106 Å². The lowest BCUT2D eigenvalue weighted by Gasteiger charge is -2.08. The molecule has 0 saturated heterocycles. The number of carbonyl (C=O) groups is 1. The minimum absolute atomic E-state index is 0.148. The fourth-order valence-electron chi connectivity index (χ4n) is 1.46. The lowest BCUT2D eigenvalue weighted by Crippen LogP contribution is -2.27. The molecular weight excluding hydrogens is 259 g/mol. The maximum absolute atomic E-state index is 12.3. The third kappa shape index (κ3) is 3.34. The number of rotatable bonds is 2. The lowest BCUT2D eigenvalue weighted by atomic mass is 10.1. The van der Waals surface area contributed by atoms with Crippen molar-refractivity contribution in [3.05, 3.63) is 54.1 Å². The van der Waals surface area contributed by atoms with E-state index in [1.165, 1.54) is 35.4 Å². The van der Waals surface area contributed by atoms with Crippen LogP contribution in [0.5, 0.6) is 0 Å². The fraction of sp³-hybridized carbons (Fsp3) is 0.167. The molecule has 1 amide bonds. The molecule has 2 rings (SSSR count). The Morgan fingerprint density at radius 2 is 1.95 bits per heavy atom. The number of alkyl halides is 3. The second kappa shape index (κ2) is 5.13. The van der Waals surface area contributed by atoms with E-state index >= 15 is 0 Å². The number of halogens is 3. The molecule has 4 nitrogen and oxygen atoms in total. The maximum atomic E-state index is 12.3. The van der Waals surface area contributed by atoms with Crippen molar-refractivity contribution in [3.8, 4) is 0 Å². The molecule has 100 valence electrons. The molecule has 1 N–H and O–H groups in total. The quantitative estimate of drug-likeness (QED) is 0.911. The molecule has 0 aliphatic carbocycles. The number of hydrogen-bond acceptors (Lipinski definition) is 2. The summed E-state index contributed by atoms with van der Waals surface area (Å²) in [5.74, 6) is 0. The zero-order valence-electron chi connectivity index (χ0n) is 9.69. The van der Waals surface area contributed by atoms with Crippen LogP contribution < -0.4 is 5.32 Å². The Balaban J connectivity index is 1.95. The summed E-state index contributed by atoms with van der Waals surface area (Å²) >= 11 is 0. The first kappa shape index (κ1) is 13.1. The van der Waals surface area contributed by atoms with Crippen molar-refractivity contribution in [2.75, 3.05) is 0 Å². The van der Waals surface area contributed by atoms with Gasteiger partial charge in [0.25, 0.3) is 0 Å². The number of benzene rings is 1. The summed E-state index contributed by atoms with van der Waals surface area (Å²) in [4.78, 5) is 15.3. The number of aromatic nitrogens is 2. The van der Waals surface area contributed by atoms with Crippen molar-refractivity contribution in [1.82, 2.24) is 14.9 Å². The smallest absolute Gasteiger partial charge is 0.333 e. The second-order valence-electron chi connectivity index (χ2n) is 3.82. The summed E-state index contributed by atoms with van der Waals surface area (Å²) in [6.45, 7) is 0.148. The zero-order chi connectivity index (χ0) is 13.9. The Bertz CT molecular complexity index is 547. The predicted octanol–water partition coefficient (Wildman–Crippen LogP) is 2.66. The largest absolute Gasteiger partial charge is 0.416 e. The Hall–Kier alpha value is -2.31. The average Bonchev–Trinajstić information content (AvgIpc) is 2.89. The molecule has 0 radical (unpaired) electrons. The fourth-order valence-corrected chi connectivity index (χ4v) is 1.46. The first-order valence-electron chi connectivity index (χ1n) is 5.39. The molecule has 7 heteroatoms. The van der Waals surface area contributed by atoms with E-state index in [0.717, 1.165) is 12.1 Å². The maximum Gasteiger partial charge on any atom is 0.416 e. The summed E-state index contributed by atoms with van der Waals surface area (Å²) in [5.41, 5.74) is -0.126. The molecule has 0 unspecified atom stereocenters. The molecular formula is C12H10F3N3O. The summed E-state index contributed by atoms with van der Waals surface area (Å²) in [6.07, 6.45) is -0.0829. The lowest BCUT2D eigenvalue weighted by molar-refractivity contribution is -0.137. The van der Waals surface area contributed by atoms with Crippen LogP contribution in [0, 0.1) is 0 Å². The van der Waals surface area contributed by atoms with Crippen molar-refractivity contribution in [2.45, 2.75) is 12.7 Å². The monoisotopic (exact) mass is 269 g/mol. The SMILES string of the molecule is O=C(NCc1ccc(C(F)(F)F)cc1)n1ccnc1. The first-order valence-corrected chi connectivity index (χ1v) is 5.39. The van der Waals surface area contributed by atoms with Crippen LogP contribution in [0.15, 0.2) is 43.0 Å². The number of nitrogens with zero attached hydrogens (tertiary/aromatic N) is 2. The molecule has 1 aromatic heterocycles. The average molecular weight is 269 g/mol. The minimum Gasteiger partial charge on any atom is -0.333 e. The number of imidazole rings is 1. The molecule has 0 spiro atoms. The van der Waals surface area contributed by atoms with Gasteiger partial charge in [-0.25, -0.2) is 9.78 Å². The van der Waals surface area contributed by atoms with Gasteiger partial charge in [0.05, 0.1) is 5.56 Å². The normalized spacial score (nSPS) is 11.3. The van der Waals surface area contributed by atoms with Crippen LogP contribution in [0.1, 0.15) is 11.1 Å². The molecule has 0 fully saturated rings. The highest BCUT2D eigenvalue weighted by Crippen LogP contribution is 2.28. The third-order valence-corrected chi connectivity index (χ3v) is 2.46. The Morgan fingerprint density at radius 3 is 2.47 bits per heavy atom. The molecule has 0 aliphatic rings. The van der Waals surface area contributed by atoms with Gasteiger partial charge in [0.15, 0.2) is 0 Å². The molecule has 1 aromatic carbocycles. The van der Waals surface area contributed by atoms with Crippen molar-refractivity contribution in [3.63, 3.8) is 0 Å². The summed E-state index contributed by atoms with van der Waals surface area (Å²) in [5, 5.41) is 2.56. The van der Waals surface area contributed by atoms with Crippen molar-refractivity contribution < 1.29 is 18.0 Å². The highest BCUT2D eigenvalue weighted by molar-refractivity contribution is 5.76. The highest BCUT2D eigenvalue weighted by Gasteiger charge is 2.29. The van der Waals surface area contributed by atoms with E-state index in [1.807, 2.05) is 0 Å². The number of hydrogen-bond donors (Lipinski definition) is 1. The van der Waals surface area contributed by atoms with Gasteiger partial charge in [-0.3, -0.25) is 4.57 Å². The van der Waals surface area contributed by atoms with Gasteiger partial charge in [-0.1, -0.05) is 12.1 Å². The zero-order valence-corrected chi connectivity index (χ0v) is 9.69. The molecule has 1 heterocycles. The van der Waals surface area contributed by atoms with E-state index in [2.05, 4.69) is 10.3 Å². The van der Waals surface area contributed by atoms with Crippen LogP contribution >= 0.6 is 0 Å². The van der Waals surface area contributed by atoms with Crippen LogP contribution in [0.4, 0.5) is 18.0 Å². The van der Waals surface area contributed by atoms with Crippen molar-refractivity contribution >= 4 is 6.03 Å². The highest BCUT2D eigenvalue weighted by atomic mass is 19.4. The van der Waals surface area contributed by atoms with Crippen molar-refractivity contribution in [2.24, 2.45) is 0 Å². The van der Waals surface area contributed by atoms with Gasteiger partial charge in [0.1, 0.15) is 6.33 Å². The summed E-state index contributed by atoms with van der Waals surface area (Å²) in [7, 11) is 0. The van der Waals surface area contributed by atoms with Crippen LogP contribution in [0.25, 0.3) is 0 Å². The molecule has 0 aliphatic heterocycles. The van der Waals surface area contributed by atoms with E-state index in [1.54, 1.807) is 0 Å². The van der Waals surface area contributed by atoms with Crippen molar-refractivity contribution in [1.29, 1.82) is 0 Å². The van der Waals surface area contributed by atoms with E-state index < -0.39 is 17.8 Å².